The van der Waals surface area contributed by atoms with E-state index in [0.29, 0.717) is 6.42 Å². The highest BCUT2D eigenvalue weighted by atomic mass is 16.4. The maximum atomic E-state index is 11.2. The summed E-state index contributed by atoms with van der Waals surface area (Å²) < 4.78 is 0. The van der Waals surface area contributed by atoms with E-state index in [9.17, 15) is 9.59 Å². The molecule has 2 aliphatic rings. The van der Waals surface area contributed by atoms with Gasteiger partial charge in [-0.2, -0.15) is 0 Å². The van der Waals surface area contributed by atoms with E-state index in [1.54, 1.807) is 0 Å². The van der Waals surface area contributed by atoms with Gasteiger partial charge in [0.25, 0.3) is 0 Å². The third-order valence-electron chi connectivity index (χ3n) is 3.11. The smallest absolute Gasteiger partial charge is 0.326 e. The Morgan fingerprint density at radius 3 is 2.62 bits per heavy atom. The summed E-state index contributed by atoms with van der Waals surface area (Å²) in [7, 11) is 0. The normalized spacial score (nSPS) is 35.5. The molecule has 4 heteroatoms. The van der Waals surface area contributed by atoms with Crippen molar-refractivity contribution in [3.05, 3.63) is 0 Å². The van der Waals surface area contributed by atoms with Crippen molar-refractivity contribution in [1.29, 1.82) is 0 Å². The van der Waals surface area contributed by atoms with E-state index >= 15 is 0 Å². The number of aliphatic carboxylic acids is 1. The van der Waals surface area contributed by atoms with Gasteiger partial charge in [0, 0.05) is 12.5 Å². The molecule has 0 radical (unpaired) electrons. The number of carboxylic acid groups (broad SMARTS) is 1. The predicted octanol–water partition coefficient (Wildman–Crippen LogP) is 0.470. The van der Waals surface area contributed by atoms with Gasteiger partial charge in [-0.3, -0.25) is 4.79 Å². The summed E-state index contributed by atoms with van der Waals surface area (Å²) in [6.45, 7) is 3.83. The molecule has 1 N–H and O–H groups in total. The SMILES string of the molecule is CC1(C)CC2CC(=O)N2C1C(=O)O. The van der Waals surface area contributed by atoms with Crippen LogP contribution in [0.3, 0.4) is 0 Å². The van der Waals surface area contributed by atoms with E-state index in [-0.39, 0.29) is 17.4 Å². The summed E-state index contributed by atoms with van der Waals surface area (Å²) in [5, 5.41) is 8.99. The van der Waals surface area contributed by atoms with Crippen molar-refractivity contribution in [2.75, 3.05) is 0 Å². The van der Waals surface area contributed by atoms with Crippen LogP contribution in [0.15, 0.2) is 0 Å². The molecule has 2 heterocycles. The van der Waals surface area contributed by atoms with Crippen LogP contribution in [0.1, 0.15) is 26.7 Å². The summed E-state index contributed by atoms with van der Waals surface area (Å²) in [4.78, 5) is 23.7. The summed E-state index contributed by atoms with van der Waals surface area (Å²) in [6.07, 6.45) is 1.35. The Kier molecular flexibility index (Phi) is 1.47. The summed E-state index contributed by atoms with van der Waals surface area (Å²) in [6, 6.07) is -0.428. The number of hydrogen-bond acceptors (Lipinski definition) is 2. The maximum Gasteiger partial charge on any atom is 0.326 e. The van der Waals surface area contributed by atoms with E-state index < -0.39 is 12.0 Å². The van der Waals surface area contributed by atoms with Crippen LogP contribution in [-0.4, -0.2) is 34.0 Å². The van der Waals surface area contributed by atoms with Crippen molar-refractivity contribution in [2.24, 2.45) is 5.41 Å². The average molecular weight is 183 g/mol. The molecule has 13 heavy (non-hydrogen) atoms. The molecule has 2 atom stereocenters. The molecule has 2 aliphatic heterocycles. The van der Waals surface area contributed by atoms with Crippen LogP contribution < -0.4 is 0 Å². The fourth-order valence-electron chi connectivity index (χ4n) is 2.57. The Morgan fingerprint density at radius 2 is 2.23 bits per heavy atom. The van der Waals surface area contributed by atoms with Gasteiger partial charge in [-0.25, -0.2) is 4.79 Å². The summed E-state index contributed by atoms with van der Waals surface area (Å²) >= 11 is 0. The zero-order valence-corrected chi connectivity index (χ0v) is 7.78. The third-order valence-corrected chi connectivity index (χ3v) is 3.11. The van der Waals surface area contributed by atoms with Gasteiger partial charge in [0.1, 0.15) is 6.04 Å². The number of carbonyl (C=O) groups excluding carboxylic acids is 1. The second-order valence-corrected chi connectivity index (χ2v) is 4.59. The molecule has 0 aromatic carbocycles. The zero-order chi connectivity index (χ0) is 9.80. The molecule has 2 unspecified atom stereocenters. The third kappa shape index (κ3) is 0.975. The molecular formula is C9H13NO3. The van der Waals surface area contributed by atoms with Gasteiger partial charge in [-0.15, -0.1) is 0 Å². The summed E-state index contributed by atoms with van der Waals surface area (Å²) in [5.74, 6) is -0.886. The molecular weight excluding hydrogens is 170 g/mol. The number of β-lactam (4-membered cyclic amide) rings is 1. The lowest BCUT2D eigenvalue weighted by molar-refractivity contribution is -0.158. The van der Waals surface area contributed by atoms with E-state index in [4.69, 9.17) is 5.11 Å². The van der Waals surface area contributed by atoms with Gasteiger partial charge < -0.3 is 10.0 Å². The van der Waals surface area contributed by atoms with Gasteiger partial charge in [-0.05, 0) is 11.8 Å². The first-order chi connectivity index (χ1) is 5.93. The van der Waals surface area contributed by atoms with Gasteiger partial charge in [0.15, 0.2) is 0 Å². The lowest BCUT2D eigenvalue weighted by Crippen LogP contribution is -2.55. The Balaban J connectivity index is 2.30. The van der Waals surface area contributed by atoms with Crippen LogP contribution in [0.2, 0.25) is 0 Å². The largest absolute Gasteiger partial charge is 0.480 e. The molecule has 2 saturated heterocycles. The number of rotatable bonds is 1. The van der Waals surface area contributed by atoms with Crippen molar-refractivity contribution in [1.82, 2.24) is 4.90 Å². The number of carboxylic acids is 1. The first kappa shape index (κ1) is 8.53. The molecule has 2 fully saturated rings. The number of nitrogens with zero attached hydrogens (tertiary/aromatic N) is 1. The fourth-order valence-corrected chi connectivity index (χ4v) is 2.57. The topological polar surface area (TPSA) is 57.6 Å². The Labute approximate surface area is 76.5 Å². The van der Waals surface area contributed by atoms with Gasteiger partial charge in [0.2, 0.25) is 5.91 Å². The minimum Gasteiger partial charge on any atom is -0.480 e. The first-order valence-electron chi connectivity index (χ1n) is 4.47. The van der Waals surface area contributed by atoms with Crippen LogP contribution in [0.25, 0.3) is 0 Å². The predicted molar refractivity (Wildman–Crippen MR) is 45.1 cm³/mol. The number of hydrogen-bond donors (Lipinski definition) is 1. The fraction of sp³-hybridized carbons (Fsp3) is 0.778. The molecule has 0 saturated carbocycles. The van der Waals surface area contributed by atoms with Crippen molar-refractivity contribution >= 4 is 11.9 Å². The monoisotopic (exact) mass is 183 g/mol. The van der Waals surface area contributed by atoms with Crippen molar-refractivity contribution < 1.29 is 14.7 Å². The molecule has 1 amide bonds. The van der Waals surface area contributed by atoms with E-state index in [1.807, 2.05) is 13.8 Å². The minimum atomic E-state index is -0.874. The van der Waals surface area contributed by atoms with E-state index in [2.05, 4.69) is 0 Å². The lowest BCUT2D eigenvalue weighted by Gasteiger charge is -2.37. The van der Waals surface area contributed by atoms with Crippen LogP contribution in [0, 0.1) is 5.41 Å². The average Bonchev–Trinajstić information content (AvgIpc) is 2.18. The number of amides is 1. The highest BCUT2D eigenvalue weighted by Gasteiger charge is 2.57. The second kappa shape index (κ2) is 2.25. The van der Waals surface area contributed by atoms with Crippen LogP contribution in [-0.2, 0) is 9.59 Å². The Bertz CT molecular complexity index is 285. The lowest BCUT2D eigenvalue weighted by atomic mass is 9.84. The van der Waals surface area contributed by atoms with Crippen LogP contribution >= 0.6 is 0 Å². The van der Waals surface area contributed by atoms with Gasteiger partial charge >= 0.3 is 5.97 Å². The number of fused-ring (bicyclic) bond motifs is 1. The standard InChI is InChI=1S/C9H13NO3/c1-9(2)4-5-3-6(11)10(5)7(9)8(12)13/h5,7H,3-4H2,1-2H3,(H,12,13). The van der Waals surface area contributed by atoms with Crippen molar-refractivity contribution in [3.63, 3.8) is 0 Å². The molecule has 0 spiro atoms. The highest BCUT2D eigenvalue weighted by molar-refractivity contribution is 5.90. The Hall–Kier alpha value is -1.06. The van der Waals surface area contributed by atoms with Gasteiger partial charge in [-0.1, -0.05) is 13.8 Å². The Morgan fingerprint density at radius 1 is 1.62 bits per heavy atom. The van der Waals surface area contributed by atoms with Crippen LogP contribution in [0.5, 0.6) is 0 Å². The molecule has 0 bridgehead atoms. The zero-order valence-electron chi connectivity index (χ0n) is 7.78. The second-order valence-electron chi connectivity index (χ2n) is 4.59. The minimum absolute atomic E-state index is 0.0111. The first-order valence-corrected chi connectivity index (χ1v) is 4.47. The maximum absolute atomic E-state index is 11.2. The summed E-state index contributed by atoms with van der Waals surface area (Å²) in [5.41, 5.74) is -0.275. The molecule has 0 aromatic rings. The molecule has 72 valence electrons. The number of carbonyl (C=O) groups is 2. The molecule has 0 aliphatic carbocycles. The van der Waals surface area contributed by atoms with E-state index in [1.165, 1.54) is 4.90 Å². The highest BCUT2D eigenvalue weighted by Crippen LogP contribution is 2.46. The van der Waals surface area contributed by atoms with Gasteiger partial charge in [0.05, 0.1) is 0 Å². The van der Waals surface area contributed by atoms with E-state index in [0.717, 1.165) is 6.42 Å². The van der Waals surface area contributed by atoms with Crippen LogP contribution in [0.4, 0.5) is 0 Å². The van der Waals surface area contributed by atoms with Crippen molar-refractivity contribution in [3.8, 4) is 0 Å². The van der Waals surface area contributed by atoms with Crippen molar-refractivity contribution in [2.45, 2.75) is 38.8 Å². The molecule has 0 aromatic heterocycles. The molecule has 4 nitrogen and oxygen atoms in total. The quantitative estimate of drug-likeness (QED) is 0.601. The molecule has 2 rings (SSSR count).